The predicted octanol–water partition coefficient (Wildman–Crippen LogP) is 2.21. The normalized spacial score (nSPS) is 22.8. The van der Waals surface area contributed by atoms with Crippen molar-refractivity contribution < 1.29 is 9.53 Å². The maximum absolute atomic E-state index is 11.8. The number of carbonyl (C=O) groups is 1. The summed E-state index contributed by atoms with van der Waals surface area (Å²) < 4.78 is 6.38. The van der Waals surface area contributed by atoms with Crippen LogP contribution in [0.15, 0.2) is 28.7 Å². The summed E-state index contributed by atoms with van der Waals surface area (Å²) >= 11 is 3.36. The van der Waals surface area contributed by atoms with Gasteiger partial charge < -0.3 is 15.8 Å². The third-order valence-electron chi connectivity index (χ3n) is 3.30. The molecule has 0 aromatic heterocycles. The first-order valence-electron chi connectivity index (χ1n) is 6.57. The first-order valence-corrected chi connectivity index (χ1v) is 7.36. The molecule has 0 spiro atoms. The maximum Gasteiger partial charge on any atom is 0.258 e. The van der Waals surface area contributed by atoms with Gasteiger partial charge >= 0.3 is 0 Å². The van der Waals surface area contributed by atoms with E-state index < -0.39 is 0 Å². The second kappa shape index (κ2) is 6.91. The van der Waals surface area contributed by atoms with Crippen LogP contribution in [0.2, 0.25) is 0 Å². The van der Waals surface area contributed by atoms with Gasteiger partial charge in [0, 0.05) is 16.6 Å². The average Bonchev–Trinajstić information content (AvgIpc) is 2.39. The van der Waals surface area contributed by atoms with Gasteiger partial charge in [0.15, 0.2) is 6.61 Å². The van der Waals surface area contributed by atoms with Gasteiger partial charge in [0.1, 0.15) is 5.75 Å². The molecule has 104 valence electrons. The van der Waals surface area contributed by atoms with Crippen LogP contribution >= 0.6 is 15.9 Å². The summed E-state index contributed by atoms with van der Waals surface area (Å²) in [5, 5.41) is 2.99. The van der Waals surface area contributed by atoms with Crippen molar-refractivity contribution in [1.82, 2.24) is 5.32 Å². The molecule has 0 radical (unpaired) electrons. The fourth-order valence-electron chi connectivity index (χ4n) is 2.24. The van der Waals surface area contributed by atoms with Crippen LogP contribution in [-0.2, 0) is 4.79 Å². The van der Waals surface area contributed by atoms with Gasteiger partial charge in [-0.25, -0.2) is 0 Å². The second-order valence-electron chi connectivity index (χ2n) is 4.93. The lowest BCUT2D eigenvalue weighted by Gasteiger charge is -2.26. The number of benzene rings is 1. The number of halogens is 1. The highest BCUT2D eigenvalue weighted by Crippen LogP contribution is 2.18. The minimum atomic E-state index is -0.0690. The SMILES string of the molecule is NC1CCC(NC(=O)COc2cccc(Br)c2)CC1. The van der Waals surface area contributed by atoms with E-state index in [0.29, 0.717) is 11.8 Å². The smallest absolute Gasteiger partial charge is 0.258 e. The topological polar surface area (TPSA) is 64.3 Å². The molecule has 0 bridgehead atoms. The van der Waals surface area contributed by atoms with Crippen molar-refractivity contribution in [3.05, 3.63) is 28.7 Å². The monoisotopic (exact) mass is 326 g/mol. The molecular formula is C14H19BrN2O2. The summed E-state index contributed by atoms with van der Waals surface area (Å²) in [7, 11) is 0. The molecule has 3 N–H and O–H groups in total. The lowest BCUT2D eigenvalue weighted by molar-refractivity contribution is -0.124. The van der Waals surface area contributed by atoms with Gasteiger partial charge in [-0.3, -0.25) is 4.79 Å². The van der Waals surface area contributed by atoms with Crippen LogP contribution in [0.25, 0.3) is 0 Å². The molecule has 1 aromatic carbocycles. The fraction of sp³-hybridized carbons (Fsp3) is 0.500. The minimum absolute atomic E-state index is 0.0546. The van der Waals surface area contributed by atoms with Gasteiger partial charge in [0.25, 0.3) is 5.91 Å². The third kappa shape index (κ3) is 4.84. The molecule has 0 saturated heterocycles. The molecule has 0 atom stereocenters. The van der Waals surface area contributed by atoms with E-state index in [1.54, 1.807) is 0 Å². The van der Waals surface area contributed by atoms with Crippen molar-refractivity contribution in [1.29, 1.82) is 0 Å². The summed E-state index contributed by atoms with van der Waals surface area (Å²) in [6.07, 6.45) is 3.89. The van der Waals surface area contributed by atoms with Crippen molar-refractivity contribution in [2.24, 2.45) is 5.73 Å². The number of hydrogen-bond acceptors (Lipinski definition) is 3. The fourth-order valence-corrected chi connectivity index (χ4v) is 2.62. The Labute approximate surface area is 121 Å². The van der Waals surface area contributed by atoms with Crippen molar-refractivity contribution in [2.75, 3.05) is 6.61 Å². The van der Waals surface area contributed by atoms with Crippen LogP contribution in [-0.4, -0.2) is 24.6 Å². The summed E-state index contributed by atoms with van der Waals surface area (Å²) in [5.74, 6) is 0.621. The lowest BCUT2D eigenvalue weighted by atomic mass is 9.92. The first-order chi connectivity index (χ1) is 9.13. The van der Waals surface area contributed by atoms with E-state index in [-0.39, 0.29) is 18.6 Å². The number of amides is 1. The molecular weight excluding hydrogens is 308 g/mol. The zero-order valence-electron chi connectivity index (χ0n) is 10.8. The van der Waals surface area contributed by atoms with Gasteiger partial charge in [0.2, 0.25) is 0 Å². The highest BCUT2D eigenvalue weighted by Gasteiger charge is 2.19. The van der Waals surface area contributed by atoms with Crippen LogP contribution in [0.4, 0.5) is 0 Å². The molecule has 1 amide bonds. The molecule has 1 fully saturated rings. The van der Waals surface area contributed by atoms with Crippen LogP contribution in [0, 0.1) is 0 Å². The van der Waals surface area contributed by atoms with E-state index in [1.165, 1.54) is 0 Å². The summed E-state index contributed by atoms with van der Waals surface area (Å²) in [6, 6.07) is 8.01. The summed E-state index contributed by atoms with van der Waals surface area (Å²) in [4.78, 5) is 11.8. The van der Waals surface area contributed by atoms with Crippen molar-refractivity contribution >= 4 is 21.8 Å². The van der Waals surface area contributed by atoms with E-state index in [2.05, 4.69) is 21.2 Å². The van der Waals surface area contributed by atoms with E-state index in [9.17, 15) is 4.79 Å². The number of rotatable bonds is 4. The number of carbonyl (C=O) groups excluding carboxylic acids is 1. The zero-order chi connectivity index (χ0) is 13.7. The van der Waals surface area contributed by atoms with Crippen LogP contribution in [0.1, 0.15) is 25.7 Å². The molecule has 0 aliphatic heterocycles. The van der Waals surface area contributed by atoms with E-state index in [1.807, 2.05) is 24.3 Å². The highest BCUT2D eigenvalue weighted by molar-refractivity contribution is 9.10. The quantitative estimate of drug-likeness (QED) is 0.891. The van der Waals surface area contributed by atoms with Crippen LogP contribution in [0.5, 0.6) is 5.75 Å². The Kier molecular flexibility index (Phi) is 5.22. The first kappa shape index (κ1) is 14.3. The Morgan fingerprint density at radius 2 is 2.11 bits per heavy atom. The van der Waals surface area contributed by atoms with Gasteiger partial charge in [-0.2, -0.15) is 0 Å². The van der Waals surface area contributed by atoms with Crippen LogP contribution < -0.4 is 15.8 Å². The summed E-state index contributed by atoms with van der Waals surface area (Å²) in [5.41, 5.74) is 5.83. The molecule has 1 aromatic rings. The summed E-state index contributed by atoms with van der Waals surface area (Å²) in [6.45, 7) is 0.0546. The Hall–Kier alpha value is -1.07. The Morgan fingerprint density at radius 1 is 1.37 bits per heavy atom. The zero-order valence-corrected chi connectivity index (χ0v) is 12.4. The Bertz CT molecular complexity index is 431. The molecule has 0 heterocycles. The van der Waals surface area contributed by atoms with Gasteiger partial charge in [-0.1, -0.05) is 22.0 Å². The molecule has 1 saturated carbocycles. The van der Waals surface area contributed by atoms with E-state index in [0.717, 1.165) is 30.2 Å². The van der Waals surface area contributed by atoms with E-state index >= 15 is 0 Å². The number of ether oxygens (including phenoxy) is 1. The van der Waals surface area contributed by atoms with Gasteiger partial charge in [0.05, 0.1) is 0 Å². The molecule has 2 rings (SSSR count). The number of nitrogens with two attached hydrogens (primary N) is 1. The maximum atomic E-state index is 11.8. The van der Waals surface area contributed by atoms with Gasteiger partial charge in [-0.05, 0) is 43.9 Å². The van der Waals surface area contributed by atoms with Crippen molar-refractivity contribution in [3.63, 3.8) is 0 Å². The van der Waals surface area contributed by atoms with Crippen molar-refractivity contribution in [2.45, 2.75) is 37.8 Å². The standard InChI is InChI=1S/C14H19BrN2O2/c15-10-2-1-3-13(8-10)19-9-14(18)17-12-6-4-11(16)5-7-12/h1-3,8,11-12H,4-7,9,16H2,(H,17,18). The molecule has 1 aliphatic rings. The molecule has 4 nitrogen and oxygen atoms in total. The second-order valence-corrected chi connectivity index (χ2v) is 5.84. The minimum Gasteiger partial charge on any atom is -0.484 e. The molecule has 5 heteroatoms. The third-order valence-corrected chi connectivity index (χ3v) is 3.80. The predicted molar refractivity (Wildman–Crippen MR) is 78.0 cm³/mol. The molecule has 1 aliphatic carbocycles. The number of hydrogen-bond donors (Lipinski definition) is 2. The highest BCUT2D eigenvalue weighted by atomic mass is 79.9. The van der Waals surface area contributed by atoms with Crippen LogP contribution in [0.3, 0.4) is 0 Å². The van der Waals surface area contributed by atoms with Crippen molar-refractivity contribution in [3.8, 4) is 5.75 Å². The Morgan fingerprint density at radius 3 is 2.79 bits per heavy atom. The van der Waals surface area contributed by atoms with E-state index in [4.69, 9.17) is 10.5 Å². The number of nitrogens with one attached hydrogen (secondary N) is 1. The average molecular weight is 327 g/mol. The Balaban J connectivity index is 1.73. The molecule has 19 heavy (non-hydrogen) atoms. The molecule has 0 unspecified atom stereocenters. The largest absolute Gasteiger partial charge is 0.484 e. The van der Waals surface area contributed by atoms with Gasteiger partial charge in [-0.15, -0.1) is 0 Å². The lowest BCUT2D eigenvalue weighted by Crippen LogP contribution is -2.42.